The Balaban J connectivity index is 2.49. The maximum atomic E-state index is 3.54. The van der Waals surface area contributed by atoms with E-state index in [4.69, 9.17) is 0 Å². The zero-order chi connectivity index (χ0) is 9.14. The van der Waals surface area contributed by atoms with Gasteiger partial charge in [0, 0.05) is 25.2 Å². The first-order chi connectivity index (χ1) is 5.59. The van der Waals surface area contributed by atoms with Crippen LogP contribution in [0.4, 0.5) is 0 Å². The largest absolute Gasteiger partial charge is 0.313 e. The first kappa shape index (κ1) is 10.0. The minimum Gasteiger partial charge on any atom is -0.313 e. The summed E-state index contributed by atoms with van der Waals surface area (Å²) < 4.78 is 0. The van der Waals surface area contributed by atoms with Crippen LogP contribution < -0.4 is 5.32 Å². The monoisotopic (exact) mass is 170 g/mol. The van der Waals surface area contributed by atoms with Gasteiger partial charge in [-0.1, -0.05) is 6.92 Å². The lowest BCUT2D eigenvalue weighted by Gasteiger charge is -2.27. The topological polar surface area (TPSA) is 15.3 Å². The molecule has 1 rings (SSSR count). The van der Waals surface area contributed by atoms with Crippen molar-refractivity contribution in [2.45, 2.75) is 39.8 Å². The molecule has 1 N–H and O–H groups in total. The summed E-state index contributed by atoms with van der Waals surface area (Å²) in [5.74, 6) is 0.789. The first-order valence-electron chi connectivity index (χ1n) is 5.07. The van der Waals surface area contributed by atoms with Crippen LogP contribution in [0, 0.1) is 5.92 Å². The molecule has 72 valence electrons. The number of nitrogens with one attached hydrogen (secondary N) is 1. The molecule has 2 unspecified atom stereocenters. The van der Waals surface area contributed by atoms with E-state index in [1.54, 1.807) is 0 Å². The standard InChI is InChI=1S/C10H22N2/c1-8(2)12-6-9(3)5-11-10(4)7-12/h8-11H,5-7H2,1-4H3. The third kappa shape index (κ3) is 2.76. The third-order valence-electron chi connectivity index (χ3n) is 2.60. The maximum absolute atomic E-state index is 3.54. The zero-order valence-corrected chi connectivity index (χ0v) is 8.80. The Morgan fingerprint density at radius 2 is 1.92 bits per heavy atom. The van der Waals surface area contributed by atoms with Crippen LogP contribution in [-0.4, -0.2) is 36.6 Å². The minimum atomic E-state index is 0.650. The molecule has 0 radical (unpaired) electrons. The molecule has 2 heteroatoms. The van der Waals surface area contributed by atoms with Gasteiger partial charge in [0.25, 0.3) is 0 Å². The van der Waals surface area contributed by atoms with Crippen LogP contribution in [0.1, 0.15) is 27.7 Å². The predicted octanol–water partition coefficient (Wildman–Crippen LogP) is 1.32. The Hall–Kier alpha value is -0.0800. The van der Waals surface area contributed by atoms with E-state index < -0.39 is 0 Å². The second kappa shape index (κ2) is 4.24. The van der Waals surface area contributed by atoms with Crippen LogP contribution in [0.3, 0.4) is 0 Å². The summed E-state index contributed by atoms with van der Waals surface area (Å²) in [5.41, 5.74) is 0. The molecule has 0 spiro atoms. The Kier molecular flexibility index (Phi) is 3.53. The fraction of sp³-hybridized carbons (Fsp3) is 1.00. The summed E-state index contributed by atoms with van der Waals surface area (Å²) >= 11 is 0. The maximum Gasteiger partial charge on any atom is 0.0166 e. The summed E-state index contributed by atoms with van der Waals surface area (Å²) in [6.07, 6.45) is 0. The van der Waals surface area contributed by atoms with Gasteiger partial charge < -0.3 is 5.32 Å². The van der Waals surface area contributed by atoms with Gasteiger partial charge in [-0.3, -0.25) is 4.90 Å². The van der Waals surface area contributed by atoms with E-state index in [1.807, 2.05) is 0 Å². The van der Waals surface area contributed by atoms with E-state index in [9.17, 15) is 0 Å². The second-order valence-electron chi connectivity index (χ2n) is 4.46. The minimum absolute atomic E-state index is 0.650. The average Bonchev–Trinajstić information content (AvgIpc) is 2.13. The second-order valence-corrected chi connectivity index (χ2v) is 4.46. The molecule has 1 saturated heterocycles. The summed E-state index contributed by atoms with van der Waals surface area (Å²) in [4.78, 5) is 2.56. The highest BCUT2D eigenvalue weighted by molar-refractivity contribution is 4.78. The highest BCUT2D eigenvalue weighted by Crippen LogP contribution is 2.08. The lowest BCUT2D eigenvalue weighted by molar-refractivity contribution is 0.204. The summed E-state index contributed by atoms with van der Waals surface area (Å²) in [7, 11) is 0. The fourth-order valence-electron chi connectivity index (χ4n) is 1.78. The van der Waals surface area contributed by atoms with Gasteiger partial charge >= 0.3 is 0 Å². The molecule has 0 bridgehead atoms. The Morgan fingerprint density at radius 1 is 1.25 bits per heavy atom. The number of rotatable bonds is 1. The summed E-state index contributed by atoms with van der Waals surface area (Å²) in [5, 5.41) is 3.54. The van der Waals surface area contributed by atoms with Crippen molar-refractivity contribution in [3.8, 4) is 0 Å². The van der Waals surface area contributed by atoms with E-state index in [1.165, 1.54) is 19.6 Å². The molecule has 0 aliphatic carbocycles. The van der Waals surface area contributed by atoms with Crippen molar-refractivity contribution in [2.24, 2.45) is 5.92 Å². The van der Waals surface area contributed by atoms with Gasteiger partial charge in [-0.05, 0) is 33.2 Å². The van der Waals surface area contributed by atoms with E-state index in [0.717, 1.165) is 5.92 Å². The van der Waals surface area contributed by atoms with Gasteiger partial charge in [0.05, 0.1) is 0 Å². The van der Waals surface area contributed by atoms with E-state index in [-0.39, 0.29) is 0 Å². The SMILES string of the molecule is CC1CNC(C)CN(C(C)C)C1. The molecular formula is C10H22N2. The molecule has 1 aliphatic heterocycles. The molecular weight excluding hydrogens is 148 g/mol. The lowest BCUT2D eigenvalue weighted by atomic mass is 10.1. The van der Waals surface area contributed by atoms with Gasteiger partial charge in [0.2, 0.25) is 0 Å². The summed E-state index contributed by atoms with van der Waals surface area (Å²) in [6, 6.07) is 1.34. The van der Waals surface area contributed by atoms with Crippen LogP contribution in [0.25, 0.3) is 0 Å². The molecule has 1 fully saturated rings. The molecule has 0 saturated carbocycles. The molecule has 1 heterocycles. The van der Waals surface area contributed by atoms with Crippen molar-refractivity contribution in [3.05, 3.63) is 0 Å². The molecule has 12 heavy (non-hydrogen) atoms. The van der Waals surface area contributed by atoms with Crippen molar-refractivity contribution >= 4 is 0 Å². The van der Waals surface area contributed by atoms with Gasteiger partial charge in [0.1, 0.15) is 0 Å². The van der Waals surface area contributed by atoms with Gasteiger partial charge in [-0.25, -0.2) is 0 Å². The van der Waals surface area contributed by atoms with Crippen LogP contribution in [-0.2, 0) is 0 Å². The molecule has 0 aromatic rings. The first-order valence-corrected chi connectivity index (χ1v) is 5.07. The number of hydrogen-bond donors (Lipinski definition) is 1. The zero-order valence-electron chi connectivity index (χ0n) is 8.80. The van der Waals surface area contributed by atoms with Crippen molar-refractivity contribution in [3.63, 3.8) is 0 Å². The number of nitrogens with zero attached hydrogens (tertiary/aromatic N) is 1. The number of hydrogen-bond acceptors (Lipinski definition) is 2. The average molecular weight is 170 g/mol. The van der Waals surface area contributed by atoms with Crippen molar-refractivity contribution in [1.29, 1.82) is 0 Å². The molecule has 2 nitrogen and oxygen atoms in total. The Labute approximate surface area is 76.3 Å². The smallest absolute Gasteiger partial charge is 0.0166 e. The Bertz CT molecular complexity index is 122. The van der Waals surface area contributed by atoms with Crippen LogP contribution >= 0.6 is 0 Å². The van der Waals surface area contributed by atoms with E-state index in [2.05, 4.69) is 37.9 Å². The molecule has 0 aromatic heterocycles. The predicted molar refractivity (Wildman–Crippen MR) is 53.3 cm³/mol. The van der Waals surface area contributed by atoms with Crippen LogP contribution in [0.5, 0.6) is 0 Å². The summed E-state index contributed by atoms with van der Waals surface area (Å²) in [6.45, 7) is 12.8. The highest BCUT2D eigenvalue weighted by Gasteiger charge is 2.19. The lowest BCUT2D eigenvalue weighted by Crippen LogP contribution is -2.39. The quantitative estimate of drug-likeness (QED) is 0.638. The van der Waals surface area contributed by atoms with Gasteiger partial charge in [-0.15, -0.1) is 0 Å². The van der Waals surface area contributed by atoms with Gasteiger partial charge in [-0.2, -0.15) is 0 Å². The van der Waals surface area contributed by atoms with Crippen molar-refractivity contribution in [2.75, 3.05) is 19.6 Å². The van der Waals surface area contributed by atoms with Gasteiger partial charge in [0.15, 0.2) is 0 Å². The molecule has 2 atom stereocenters. The highest BCUT2D eigenvalue weighted by atomic mass is 15.2. The molecule has 0 aromatic carbocycles. The van der Waals surface area contributed by atoms with Crippen molar-refractivity contribution < 1.29 is 0 Å². The van der Waals surface area contributed by atoms with Crippen LogP contribution in [0.2, 0.25) is 0 Å². The fourth-order valence-corrected chi connectivity index (χ4v) is 1.78. The Morgan fingerprint density at radius 3 is 2.50 bits per heavy atom. The molecule has 1 aliphatic rings. The van der Waals surface area contributed by atoms with E-state index >= 15 is 0 Å². The van der Waals surface area contributed by atoms with Crippen molar-refractivity contribution in [1.82, 2.24) is 10.2 Å². The van der Waals surface area contributed by atoms with E-state index in [0.29, 0.717) is 12.1 Å². The van der Waals surface area contributed by atoms with Crippen LogP contribution in [0.15, 0.2) is 0 Å². The normalized spacial score (nSPS) is 33.8. The molecule has 0 amide bonds. The third-order valence-corrected chi connectivity index (χ3v) is 2.60.